The molecule has 0 radical (unpaired) electrons. The van der Waals surface area contributed by atoms with Gasteiger partial charge in [0.25, 0.3) is 5.91 Å². The van der Waals surface area contributed by atoms with Gasteiger partial charge in [-0.05, 0) is 48.0 Å². The van der Waals surface area contributed by atoms with Crippen LogP contribution in [0.5, 0.6) is 5.75 Å². The first kappa shape index (κ1) is 15.7. The molecule has 0 aliphatic carbocycles. The third-order valence-corrected chi connectivity index (χ3v) is 4.57. The number of thioether (sulfide) groups is 1. The lowest BCUT2D eigenvalue weighted by Crippen LogP contribution is -2.27. The summed E-state index contributed by atoms with van der Waals surface area (Å²) in [4.78, 5) is 14.5. The Morgan fingerprint density at radius 2 is 1.96 bits per heavy atom. The van der Waals surface area contributed by atoms with Gasteiger partial charge in [-0.15, -0.1) is 0 Å². The summed E-state index contributed by atoms with van der Waals surface area (Å²) in [7, 11) is 1.58. The van der Waals surface area contributed by atoms with Crippen molar-refractivity contribution >= 4 is 46.0 Å². The molecule has 1 aliphatic rings. The van der Waals surface area contributed by atoms with Crippen molar-refractivity contribution in [1.82, 2.24) is 0 Å². The highest BCUT2D eigenvalue weighted by atomic mass is 32.2. The normalized spacial score (nSPS) is 16.3. The Bertz CT molecular complexity index is 802. The molecule has 1 amide bonds. The molecular weight excluding hydrogens is 333 g/mol. The molecule has 0 spiro atoms. The van der Waals surface area contributed by atoms with Crippen LogP contribution < -0.4 is 9.64 Å². The van der Waals surface area contributed by atoms with Gasteiger partial charge in [-0.25, -0.2) is 4.39 Å². The second-order valence-corrected chi connectivity index (χ2v) is 6.45. The van der Waals surface area contributed by atoms with Gasteiger partial charge in [0.05, 0.1) is 17.7 Å². The number of carbonyl (C=O) groups is 1. The van der Waals surface area contributed by atoms with Crippen molar-refractivity contribution in [3.8, 4) is 5.75 Å². The molecule has 6 heteroatoms. The molecule has 0 unspecified atom stereocenters. The number of thiocarbonyl (C=S) groups is 1. The van der Waals surface area contributed by atoms with Crippen molar-refractivity contribution < 1.29 is 13.9 Å². The minimum Gasteiger partial charge on any atom is -0.497 e. The summed E-state index contributed by atoms with van der Waals surface area (Å²) in [5, 5.41) is 0. The van der Waals surface area contributed by atoms with Crippen molar-refractivity contribution in [3.05, 3.63) is 64.8 Å². The minimum absolute atomic E-state index is 0.213. The van der Waals surface area contributed by atoms with E-state index in [0.29, 0.717) is 26.2 Å². The summed E-state index contributed by atoms with van der Waals surface area (Å²) in [5.74, 6) is 0.147. The van der Waals surface area contributed by atoms with Gasteiger partial charge in [0, 0.05) is 0 Å². The van der Waals surface area contributed by atoms with Crippen LogP contribution in [0.3, 0.4) is 0 Å². The van der Waals surface area contributed by atoms with E-state index in [1.807, 2.05) is 0 Å². The van der Waals surface area contributed by atoms with E-state index in [1.165, 1.54) is 28.8 Å². The monoisotopic (exact) mass is 345 g/mol. The van der Waals surface area contributed by atoms with Crippen LogP contribution in [0, 0.1) is 5.82 Å². The molecule has 1 aliphatic heterocycles. The highest BCUT2D eigenvalue weighted by Gasteiger charge is 2.33. The summed E-state index contributed by atoms with van der Waals surface area (Å²) in [6.07, 6.45) is 1.64. The zero-order chi connectivity index (χ0) is 16.4. The van der Waals surface area contributed by atoms with E-state index in [0.717, 1.165) is 0 Å². The van der Waals surface area contributed by atoms with Gasteiger partial charge in [-0.1, -0.05) is 36.1 Å². The van der Waals surface area contributed by atoms with Crippen LogP contribution in [0.2, 0.25) is 0 Å². The van der Waals surface area contributed by atoms with Crippen molar-refractivity contribution in [3.63, 3.8) is 0 Å². The van der Waals surface area contributed by atoms with E-state index in [2.05, 4.69) is 0 Å². The van der Waals surface area contributed by atoms with Gasteiger partial charge in [-0.3, -0.25) is 9.69 Å². The van der Waals surface area contributed by atoms with E-state index >= 15 is 0 Å². The maximum absolute atomic E-state index is 13.3. The zero-order valence-corrected chi connectivity index (χ0v) is 13.8. The summed E-state index contributed by atoms with van der Waals surface area (Å²) >= 11 is 6.50. The van der Waals surface area contributed by atoms with E-state index in [-0.39, 0.29) is 11.7 Å². The van der Waals surface area contributed by atoms with E-state index in [1.54, 1.807) is 49.6 Å². The van der Waals surface area contributed by atoms with Crippen LogP contribution in [0.4, 0.5) is 10.1 Å². The topological polar surface area (TPSA) is 29.5 Å². The number of amides is 1. The Labute approximate surface area is 142 Å². The van der Waals surface area contributed by atoms with E-state index in [9.17, 15) is 9.18 Å². The largest absolute Gasteiger partial charge is 0.497 e. The maximum atomic E-state index is 13.3. The summed E-state index contributed by atoms with van der Waals surface area (Å²) < 4.78 is 18.8. The van der Waals surface area contributed by atoms with E-state index < -0.39 is 0 Å². The molecule has 0 bridgehead atoms. The van der Waals surface area contributed by atoms with Gasteiger partial charge in [0.2, 0.25) is 0 Å². The molecule has 3 nitrogen and oxygen atoms in total. The van der Waals surface area contributed by atoms with Crippen LogP contribution in [0.15, 0.2) is 53.4 Å². The lowest BCUT2D eigenvalue weighted by molar-refractivity contribution is -0.113. The van der Waals surface area contributed by atoms with Crippen LogP contribution in [-0.4, -0.2) is 17.3 Å². The smallest absolute Gasteiger partial charge is 0.270 e. The molecular formula is C17H12FNO2S2. The SMILES string of the molecule is COc1ccc(N2C(=O)/C(=C\c3cccc(F)c3)SC2=S)cc1. The van der Waals surface area contributed by atoms with Gasteiger partial charge >= 0.3 is 0 Å². The zero-order valence-electron chi connectivity index (χ0n) is 12.2. The fourth-order valence-corrected chi connectivity index (χ4v) is 3.47. The van der Waals surface area contributed by atoms with Crippen LogP contribution in [-0.2, 0) is 4.79 Å². The Morgan fingerprint density at radius 1 is 1.22 bits per heavy atom. The summed E-state index contributed by atoms with van der Waals surface area (Å²) in [6.45, 7) is 0. The molecule has 0 N–H and O–H groups in total. The molecule has 116 valence electrons. The van der Waals surface area contributed by atoms with Crippen molar-refractivity contribution in [2.75, 3.05) is 12.0 Å². The van der Waals surface area contributed by atoms with Crippen molar-refractivity contribution in [2.24, 2.45) is 0 Å². The number of halogens is 1. The molecule has 1 heterocycles. The number of ether oxygens (including phenoxy) is 1. The Balaban J connectivity index is 1.90. The Morgan fingerprint density at radius 3 is 2.61 bits per heavy atom. The predicted molar refractivity (Wildman–Crippen MR) is 95.0 cm³/mol. The summed E-state index contributed by atoms with van der Waals surface area (Å²) in [6, 6.07) is 13.2. The van der Waals surface area contributed by atoms with Gasteiger partial charge in [-0.2, -0.15) is 0 Å². The Hall–Kier alpha value is -2.18. The van der Waals surface area contributed by atoms with Crippen LogP contribution in [0.1, 0.15) is 5.56 Å². The number of rotatable bonds is 3. The highest BCUT2D eigenvalue weighted by molar-refractivity contribution is 8.27. The fourth-order valence-electron chi connectivity index (χ4n) is 2.17. The van der Waals surface area contributed by atoms with Crippen molar-refractivity contribution in [2.45, 2.75) is 0 Å². The average Bonchev–Trinajstić information content (AvgIpc) is 2.81. The second kappa shape index (κ2) is 6.52. The van der Waals surface area contributed by atoms with Gasteiger partial charge in [0.1, 0.15) is 11.6 Å². The number of methoxy groups -OCH3 is 1. The number of hydrogen-bond donors (Lipinski definition) is 0. The number of anilines is 1. The molecule has 1 fully saturated rings. The standard InChI is InChI=1S/C17H12FNO2S2/c1-21-14-7-5-13(6-8-14)19-16(20)15(23-17(19)22)10-11-3-2-4-12(18)9-11/h2-10H,1H3/b15-10+. The fraction of sp³-hybridized carbons (Fsp3) is 0.0588. The first-order valence-corrected chi connectivity index (χ1v) is 7.98. The molecule has 1 saturated heterocycles. The molecule has 2 aromatic rings. The lowest BCUT2D eigenvalue weighted by Gasteiger charge is -2.14. The number of hydrogen-bond acceptors (Lipinski definition) is 4. The molecule has 0 aromatic heterocycles. The number of benzene rings is 2. The van der Waals surface area contributed by atoms with Gasteiger partial charge < -0.3 is 4.74 Å². The molecule has 0 saturated carbocycles. The third kappa shape index (κ3) is 3.28. The lowest BCUT2D eigenvalue weighted by atomic mass is 10.2. The first-order chi connectivity index (χ1) is 11.1. The summed E-state index contributed by atoms with van der Waals surface area (Å²) in [5.41, 5.74) is 1.30. The molecule has 3 rings (SSSR count). The quantitative estimate of drug-likeness (QED) is 0.615. The predicted octanol–water partition coefficient (Wildman–Crippen LogP) is 4.24. The van der Waals surface area contributed by atoms with Crippen LogP contribution >= 0.6 is 24.0 Å². The highest BCUT2D eigenvalue weighted by Crippen LogP contribution is 2.36. The maximum Gasteiger partial charge on any atom is 0.270 e. The minimum atomic E-state index is -0.343. The van der Waals surface area contributed by atoms with E-state index in [4.69, 9.17) is 17.0 Å². The average molecular weight is 345 g/mol. The Kier molecular flexibility index (Phi) is 4.45. The van der Waals surface area contributed by atoms with Gasteiger partial charge in [0.15, 0.2) is 4.32 Å². The molecule has 0 atom stereocenters. The molecule has 2 aromatic carbocycles. The number of nitrogens with zero attached hydrogens (tertiary/aromatic N) is 1. The second-order valence-electron chi connectivity index (χ2n) is 4.77. The number of carbonyl (C=O) groups excluding carboxylic acids is 1. The molecule has 23 heavy (non-hydrogen) atoms. The van der Waals surface area contributed by atoms with Crippen molar-refractivity contribution in [1.29, 1.82) is 0 Å². The van der Waals surface area contributed by atoms with Crippen LogP contribution in [0.25, 0.3) is 6.08 Å². The third-order valence-electron chi connectivity index (χ3n) is 3.27. The first-order valence-electron chi connectivity index (χ1n) is 6.76.